The van der Waals surface area contributed by atoms with Crippen molar-refractivity contribution >= 4 is 63.3 Å². The molecule has 11 rings (SSSR count). The van der Waals surface area contributed by atoms with Crippen LogP contribution in [0.4, 0.5) is 5.13 Å². The van der Waals surface area contributed by atoms with Crippen molar-refractivity contribution in [1.82, 2.24) is 15.2 Å². The summed E-state index contributed by atoms with van der Waals surface area (Å²) in [4.78, 5) is 75.6. The first kappa shape index (κ1) is 51.8. The van der Waals surface area contributed by atoms with Gasteiger partial charge in [-0.05, 0) is 34.4 Å². The first-order chi connectivity index (χ1) is 38.7. The molecule has 15 nitrogen and oxygen atoms in total. The maximum absolute atomic E-state index is 15.4. The molecule has 3 atom stereocenters. The minimum atomic E-state index is -1.40. The van der Waals surface area contributed by atoms with Crippen molar-refractivity contribution in [3.8, 4) is 5.75 Å². The first-order valence-electron chi connectivity index (χ1n) is 25.3. The number of primary amides is 1. The minimum absolute atomic E-state index is 0.00761. The molecule has 8 aromatic rings. The van der Waals surface area contributed by atoms with E-state index in [0.29, 0.717) is 22.0 Å². The van der Waals surface area contributed by atoms with Crippen molar-refractivity contribution in [1.29, 1.82) is 0 Å². The zero-order valence-electron chi connectivity index (χ0n) is 42.5. The number of oxime groups is 2. The summed E-state index contributed by atoms with van der Waals surface area (Å²) in [5, 5.41) is 16.9. The van der Waals surface area contributed by atoms with E-state index < -0.39 is 52.4 Å². The lowest BCUT2D eigenvalue weighted by Crippen LogP contribution is -2.71. The van der Waals surface area contributed by atoms with Crippen LogP contribution in [-0.4, -0.2) is 75.4 Å². The van der Waals surface area contributed by atoms with E-state index in [1.165, 1.54) is 28.0 Å². The maximum Gasteiger partial charge on any atom is 0.355 e. The Morgan fingerprint density at radius 2 is 1.23 bits per heavy atom. The Labute approximate surface area is 463 Å². The summed E-state index contributed by atoms with van der Waals surface area (Å²) in [5.41, 5.74) is 9.12. The smallest absolute Gasteiger partial charge is 0.355 e. The summed E-state index contributed by atoms with van der Waals surface area (Å²) in [5.74, 6) is -2.15. The summed E-state index contributed by atoms with van der Waals surface area (Å²) in [7, 11) is 1.55. The molecule has 3 aliphatic heterocycles. The van der Waals surface area contributed by atoms with Crippen molar-refractivity contribution < 1.29 is 38.3 Å². The molecule has 1 fully saturated rings. The molecule has 394 valence electrons. The third-order valence-electron chi connectivity index (χ3n) is 14.0. The van der Waals surface area contributed by atoms with Crippen molar-refractivity contribution in [2.75, 3.05) is 18.2 Å². The SMILES string of the molecule is COc1ccc(COC(=O)C2=C([C@@H]3CC(C(N)=O)=NO3)CSC3C(NC(=O)/C(=N\OC(c4ccccc4)(c4ccccc4)c4ccccc4)c4csc(NC(c5ccccc5)(c5ccccc5)c5ccccc5)n4)C(=O)N23)cc1. The number of nitrogens with two attached hydrogens (primary N) is 1. The molecule has 0 aliphatic carbocycles. The van der Waals surface area contributed by atoms with Gasteiger partial charge in [0.15, 0.2) is 16.9 Å². The van der Waals surface area contributed by atoms with Crippen LogP contribution in [0, 0.1) is 0 Å². The average molecular weight is 1090 g/mol. The Bertz CT molecular complexity index is 3400. The molecule has 2 unspecified atom stereocenters. The molecule has 79 heavy (non-hydrogen) atoms. The number of rotatable bonds is 19. The number of amides is 3. The quantitative estimate of drug-likeness (QED) is 0.0230. The summed E-state index contributed by atoms with van der Waals surface area (Å²) >= 11 is 2.58. The largest absolute Gasteiger partial charge is 0.497 e. The van der Waals surface area contributed by atoms with Crippen molar-refractivity contribution in [2.45, 2.75) is 41.7 Å². The second-order valence-corrected chi connectivity index (χ2v) is 20.6. The summed E-state index contributed by atoms with van der Waals surface area (Å²) in [6.07, 6.45) is -0.898. The van der Waals surface area contributed by atoms with E-state index in [4.69, 9.17) is 35.0 Å². The molecule has 3 amide bonds. The minimum Gasteiger partial charge on any atom is -0.497 e. The first-order valence-corrected chi connectivity index (χ1v) is 27.3. The fourth-order valence-electron chi connectivity index (χ4n) is 10.1. The standard InChI is InChI=1S/C62H51N7O8S2/c1-74-47-34-32-40(33-35-47)37-75-59(73)54-48(51-36-49(55(63)70)67-76-51)38-78-58-53(57(72)69(54)58)65-56(71)52(68-77-62(44-26-14-5-15-27-44,45-28-16-6-17-29-45)46-30-18-7-19-31-46)50-39-79-60(64-50)66-61(41-20-8-2-9-21-41,42-22-10-3-11-23-42)43-24-12-4-13-25-43/h2-35,39,51,53,58H,36-38H2,1H3,(H2,63,70)(H,64,66)(H,65,71)/b68-52-/t51-,53?,58?/m0/s1. The Balaban J connectivity index is 0.980. The van der Waals surface area contributed by atoms with E-state index in [0.717, 1.165) is 33.4 Å². The van der Waals surface area contributed by atoms with Gasteiger partial charge in [0.05, 0.1) is 7.11 Å². The highest BCUT2D eigenvalue weighted by atomic mass is 32.2. The molecule has 0 radical (unpaired) electrons. The zero-order chi connectivity index (χ0) is 54.3. The van der Waals surface area contributed by atoms with Gasteiger partial charge in [0.2, 0.25) is 5.60 Å². The van der Waals surface area contributed by atoms with E-state index in [9.17, 15) is 14.4 Å². The molecular formula is C62H51N7O8S2. The van der Waals surface area contributed by atoms with Crippen LogP contribution in [-0.2, 0) is 51.3 Å². The van der Waals surface area contributed by atoms with Gasteiger partial charge in [0.1, 0.15) is 46.4 Å². The summed E-state index contributed by atoms with van der Waals surface area (Å²) in [6.45, 7) is -0.127. The molecule has 4 N–H and O–H groups in total. The third kappa shape index (κ3) is 10.1. The fourth-order valence-corrected chi connectivity index (χ4v) is 12.3. The summed E-state index contributed by atoms with van der Waals surface area (Å²) in [6, 6.07) is 64.9. The third-order valence-corrected chi connectivity index (χ3v) is 16.1. The number of thioether (sulfide) groups is 1. The number of esters is 1. The number of anilines is 1. The number of fused-ring (bicyclic) bond motifs is 1. The molecule has 0 bridgehead atoms. The molecule has 17 heteroatoms. The number of aromatic nitrogens is 1. The Morgan fingerprint density at radius 1 is 0.722 bits per heavy atom. The van der Waals surface area contributed by atoms with E-state index in [1.54, 1.807) is 36.8 Å². The molecule has 0 spiro atoms. The van der Waals surface area contributed by atoms with Gasteiger partial charge in [0.25, 0.3) is 17.7 Å². The number of carbonyl (C=O) groups is 4. The predicted molar refractivity (Wildman–Crippen MR) is 303 cm³/mol. The zero-order valence-corrected chi connectivity index (χ0v) is 44.1. The van der Waals surface area contributed by atoms with Gasteiger partial charge in [-0.2, -0.15) is 0 Å². The normalized spacial score (nSPS) is 17.1. The van der Waals surface area contributed by atoms with Gasteiger partial charge in [-0.1, -0.05) is 204 Å². The number of hydrogen-bond donors (Lipinski definition) is 3. The van der Waals surface area contributed by atoms with Crippen LogP contribution in [0.5, 0.6) is 5.75 Å². The number of hydrogen-bond acceptors (Lipinski definition) is 14. The van der Waals surface area contributed by atoms with Crippen LogP contribution in [0.15, 0.2) is 233 Å². The molecule has 7 aromatic carbocycles. The fraction of sp³-hybridized carbons (Fsp3) is 0.145. The highest BCUT2D eigenvalue weighted by molar-refractivity contribution is 8.00. The van der Waals surface area contributed by atoms with Gasteiger partial charge in [-0.3, -0.25) is 19.3 Å². The number of ether oxygens (including phenoxy) is 2. The predicted octanol–water partition coefficient (Wildman–Crippen LogP) is 9.30. The monoisotopic (exact) mass is 1090 g/mol. The van der Waals surface area contributed by atoms with Crippen LogP contribution in [0.25, 0.3) is 0 Å². The Kier molecular flexibility index (Phi) is 14.9. The van der Waals surface area contributed by atoms with Crippen molar-refractivity contribution in [3.05, 3.63) is 268 Å². The lowest BCUT2D eigenvalue weighted by Gasteiger charge is -2.50. The number of carbonyl (C=O) groups excluding carboxylic acids is 4. The second kappa shape index (κ2) is 22.7. The van der Waals surface area contributed by atoms with Gasteiger partial charge in [0, 0.05) is 39.8 Å². The molecule has 3 aliphatic rings. The van der Waals surface area contributed by atoms with Crippen LogP contribution in [0.1, 0.15) is 51.1 Å². The van der Waals surface area contributed by atoms with Crippen molar-refractivity contribution in [3.63, 3.8) is 0 Å². The number of benzene rings is 7. The molecule has 0 saturated carbocycles. The number of nitrogens with zero attached hydrogens (tertiary/aromatic N) is 4. The van der Waals surface area contributed by atoms with Gasteiger partial charge in [-0.25, -0.2) is 9.78 Å². The summed E-state index contributed by atoms with van der Waals surface area (Å²) < 4.78 is 11.1. The van der Waals surface area contributed by atoms with Crippen molar-refractivity contribution in [2.24, 2.45) is 16.0 Å². The number of nitrogens with one attached hydrogen (secondary N) is 2. The molecule has 1 saturated heterocycles. The number of β-lactam (4-membered cyclic amide) rings is 1. The second-order valence-electron chi connectivity index (χ2n) is 18.7. The van der Waals surface area contributed by atoms with Crippen LogP contribution in [0.2, 0.25) is 0 Å². The van der Waals surface area contributed by atoms with E-state index in [2.05, 4.69) is 52.2 Å². The van der Waals surface area contributed by atoms with E-state index >= 15 is 4.79 Å². The van der Waals surface area contributed by atoms with Gasteiger partial charge < -0.3 is 35.5 Å². The van der Waals surface area contributed by atoms with Crippen LogP contribution in [0.3, 0.4) is 0 Å². The lowest BCUT2D eigenvalue weighted by atomic mass is 9.77. The lowest BCUT2D eigenvalue weighted by molar-refractivity contribution is -0.153. The van der Waals surface area contributed by atoms with Gasteiger partial charge in [-0.15, -0.1) is 23.1 Å². The Morgan fingerprint density at radius 3 is 1.71 bits per heavy atom. The van der Waals surface area contributed by atoms with Crippen LogP contribution >= 0.6 is 23.1 Å². The maximum atomic E-state index is 15.4. The van der Waals surface area contributed by atoms with Crippen LogP contribution < -0.4 is 21.1 Å². The molecule has 1 aromatic heterocycles. The topological polar surface area (TPSA) is 196 Å². The molecule has 4 heterocycles. The van der Waals surface area contributed by atoms with E-state index in [1.807, 2.05) is 146 Å². The average Bonchev–Trinajstić information content (AvgIpc) is 4.37. The highest BCUT2D eigenvalue weighted by Crippen LogP contribution is 2.45. The van der Waals surface area contributed by atoms with Gasteiger partial charge >= 0.3 is 5.97 Å². The van der Waals surface area contributed by atoms with E-state index in [-0.39, 0.29) is 41.6 Å². The number of methoxy groups -OCH3 is 1. The molecular weight excluding hydrogens is 1030 g/mol. The number of thiazole rings is 1. The highest BCUT2D eigenvalue weighted by Gasteiger charge is 2.56. The Hall–Kier alpha value is -9.32.